The van der Waals surface area contributed by atoms with E-state index >= 15 is 0 Å². The molecule has 2 bridgehead atoms. The van der Waals surface area contributed by atoms with Crippen molar-refractivity contribution < 1.29 is 19.5 Å². The minimum Gasteiger partial charge on any atom is -0.396 e. The van der Waals surface area contributed by atoms with E-state index < -0.39 is 22.6 Å². The number of hydrogen-bond donors (Lipinski definition) is 3. The molecule has 33 heavy (non-hydrogen) atoms. The number of hydrogen-bond acceptors (Lipinski definition) is 5. The normalized spacial score (nSPS) is 32.2. The number of likely N-dealkylation sites (tertiary alicyclic amines) is 1. The van der Waals surface area contributed by atoms with Crippen LogP contribution in [-0.4, -0.2) is 68.8 Å². The van der Waals surface area contributed by atoms with Crippen LogP contribution in [0.25, 0.3) is 0 Å². The van der Waals surface area contributed by atoms with E-state index in [4.69, 9.17) is 5.11 Å². The Hall–Kier alpha value is -1.58. The van der Waals surface area contributed by atoms with Gasteiger partial charge in [-0.2, -0.15) is 0 Å². The van der Waals surface area contributed by atoms with Crippen LogP contribution in [0.5, 0.6) is 0 Å². The first-order valence-corrected chi connectivity index (χ1v) is 13.5. The summed E-state index contributed by atoms with van der Waals surface area (Å²) in [6, 6.07) is 9.14. The maximum Gasteiger partial charge on any atom is 0.244 e. The number of amides is 3. The maximum absolute atomic E-state index is 13.7. The lowest BCUT2D eigenvalue weighted by Gasteiger charge is -2.35. The van der Waals surface area contributed by atoms with Crippen LogP contribution >= 0.6 is 27.7 Å². The zero-order valence-corrected chi connectivity index (χ0v) is 21.2. The number of carbonyl (C=O) groups excluding carboxylic acids is 3. The molecule has 3 aliphatic heterocycles. The van der Waals surface area contributed by atoms with Crippen LogP contribution in [0.3, 0.4) is 0 Å². The molecule has 3 fully saturated rings. The molecule has 3 aliphatic rings. The molecule has 0 aromatic heterocycles. The largest absolute Gasteiger partial charge is 0.396 e. The minimum absolute atomic E-state index is 0.0185. The third kappa shape index (κ3) is 4.44. The number of thioether (sulfide) groups is 1. The third-order valence-corrected chi connectivity index (χ3v) is 10.4. The van der Waals surface area contributed by atoms with Gasteiger partial charge in [0.25, 0.3) is 0 Å². The fourth-order valence-electron chi connectivity index (χ4n) is 5.77. The van der Waals surface area contributed by atoms with E-state index in [-0.39, 0.29) is 34.4 Å². The van der Waals surface area contributed by atoms with Gasteiger partial charge in [-0.3, -0.25) is 14.4 Å². The van der Waals surface area contributed by atoms with Gasteiger partial charge in [0.05, 0.1) is 16.6 Å². The predicted molar refractivity (Wildman–Crippen MR) is 132 cm³/mol. The van der Waals surface area contributed by atoms with Gasteiger partial charge in [-0.05, 0) is 24.8 Å². The van der Waals surface area contributed by atoms with Crippen molar-refractivity contribution >= 4 is 45.4 Å². The number of aliphatic hydroxyl groups is 1. The van der Waals surface area contributed by atoms with Gasteiger partial charge in [0, 0.05) is 36.8 Å². The number of rotatable bonds is 10. The second-order valence-corrected chi connectivity index (χ2v) is 11.9. The monoisotopic (exact) mass is 537 g/mol. The fourth-order valence-corrected chi connectivity index (χ4v) is 9.38. The number of halogens is 1. The summed E-state index contributed by atoms with van der Waals surface area (Å²) >= 11 is 5.41. The molecule has 4 rings (SSSR count). The van der Waals surface area contributed by atoms with Gasteiger partial charge in [0.1, 0.15) is 6.04 Å². The molecule has 0 saturated carbocycles. The smallest absolute Gasteiger partial charge is 0.244 e. The molecule has 180 valence electrons. The summed E-state index contributed by atoms with van der Waals surface area (Å²) in [6.07, 6.45) is 3.97. The third-order valence-electron chi connectivity index (χ3n) is 7.20. The Labute approximate surface area is 207 Å². The summed E-state index contributed by atoms with van der Waals surface area (Å²) in [7, 11) is 1.61. The van der Waals surface area contributed by atoms with Gasteiger partial charge in [0.15, 0.2) is 0 Å². The lowest BCUT2D eigenvalue weighted by Crippen LogP contribution is -2.54. The second-order valence-electron chi connectivity index (χ2n) is 9.15. The molecule has 3 heterocycles. The van der Waals surface area contributed by atoms with Crippen molar-refractivity contribution in [1.82, 2.24) is 15.5 Å². The molecule has 6 atom stereocenters. The number of nitrogens with zero attached hydrogens (tertiary/aromatic N) is 1. The minimum atomic E-state index is -0.598. The second kappa shape index (κ2) is 10.4. The van der Waals surface area contributed by atoms with Crippen LogP contribution in [-0.2, 0) is 20.9 Å². The molecule has 0 aliphatic carbocycles. The number of aliphatic hydroxyl groups excluding tert-OH is 1. The molecule has 3 saturated heterocycles. The van der Waals surface area contributed by atoms with Crippen LogP contribution in [0, 0.1) is 11.8 Å². The Morgan fingerprint density at radius 2 is 1.91 bits per heavy atom. The van der Waals surface area contributed by atoms with Crippen LogP contribution in [0.15, 0.2) is 30.3 Å². The highest BCUT2D eigenvalue weighted by Crippen LogP contribution is 2.67. The van der Waals surface area contributed by atoms with E-state index in [9.17, 15) is 14.4 Å². The standard InChI is InChI=1S/C24H32BrN3O4S/c1-26-21(30)17-18-23(32)28(11-7-2-3-8-12-29)20(24(18)13-16(25)19(17)33-24)22(31)27-14-15-9-5-4-6-10-15/h4-6,9-10,16-20,29H,2-3,7-8,11-14H2,1H3,(H,26,30)(H,27,31)/t16?,17-,18-,19-,20?,24?/m0/s1. The van der Waals surface area contributed by atoms with Crippen molar-refractivity contribution in [2.45, 2.75) is 59.5 Å². The van der Waals surface area contributed by atoms with Crippen molar-refractivity contribution in [3.8, 4) is 0 Å². The first-order chi connectivity index (χ1) is 15.9. The molecular weight excluding hydrogens is 506 g/mol. The molecule has 3 amide bonds. The predicted octanol–water partition coefficient (Wildman–Crippen LogP) is 2.07. The van der Waals surface area contributed by atoms with Crippen LogP contribution in [0.4, 0.5) is 0 Å². The van der Waals surface area contributed by atoms with Gasteiger partial charge in [-0.1, -0.05) is 59.1 Å². The van der Waals surface area contributed by atoms with Crippen molar-refractivity contribution in [1.29, 1.82) is 0 Å². The molecule has 7 nitrogen and oxygen atoms in total. The van der Waals surface area contributed by atoms with Gasteiger partial charge >= 0.3 is 0 Å². The summed E-state index contributed by atoms with van der Waals surface area (Å²) in [5.41, 5.74) is 1.00. The summed E-state index contributed by atoms with van der Waals surface area (Å²) in [6.45, 7) is 1.06. The number of unbranched alkanes of at least 4 members (excludes halogenated alkanes) is 3. The number of benzene rings is 1. The highest BCUT2D eigenvalue weighted by Gasteiger charge is 2.75. The summed E-state index contributed by atoms with van der Waals surface area (Å²) in [5, 5.41) is 14.8. The lowest BCUT2D eigenvalue weighted by molar-refractivity contribution is -0.139. The molecule has 3 N–H and O–H groups in total. The Morgan fingerprint density at radius 1 is 1.18 bits per heavy atom. The summed E-state index contributed by atoms with van der Waals surface area (Å²) in [4.78, 5) is 42.0. The van der Waals surface area contributed by atoms with Crippen LogP contribution in [0.2, 0.25) is 0 Å². The molecule has 0 radical (unpaired) electrons. The molecule has 3 unspecified atom stereocenters. The topological polar surface area (TPSA) is 98.7 Å². The first kappa shape index (κ1) is 24.5. The van der Waals surface area contributed by atoms with Gasteiger partial charge in [-0.25, -0.2) is 0 Å². The van der Waals surface area contributed by atoms with E-state index in [2.05, 4.69) is 26.6 Å². The fraction of sp³-hybridized carbons (Fsp3) is 0.625. The average molecular weight is 539 g/mol. The first-order valence-electron chi connectivity index (χ1n) is 11.7. The van der Waals surface area contributed by atoms with Crippen LogP contribution in [0.1, 0.15) is 37.7 Å². The Bertz CT molecular complexity index is 888. The number of nitrogens with one attached hydrogen (secondary N) is 2. The van der Waals surface area contributed by atoms with E-state index in [1.165, 1.54) is 0 Å². The van der Waals surface area contributed by atoms with Crippen molar-refractivity contribution in [3.63, 3.8) is 0 Å². The highest BCUT2D eigenvalue weighted by molar-refractivity contribution is 9.09. The quantitative estimate of drug-likeness (QED) is 0.313. The summed E-state index contributed by atoms with van der Waals surface area (Å²) in [5.74, 6) is -1.25. The Balaban J connectivity index is 1.59. The average Bonchev–Trinajstić information content (AvgIpc) is 3.41. The van der Waals surface area contributed by atoms with Gasteiger partial charge in [0.2, 0.25) is 17.7 Å². The van der Waals surface area contributed by atoms with E-state index in [1.807, 2.05) is 30.3 Å². The SMILES string of the molecule is CNC(=O)[C@H]1[C@H]2C(=O)N(CCCCCCO)C(C(=O)NCc3ccccc3)C23CC(Br)[C@@H]1S3. The maximum atomic E-state index is 13.7. The molecule has 1 spiro atoms. The zero-order chi connectivity index (χ0) is 23.6. The van der Waals surface area contributed by atoms with E-state index in [0.29, 0.717) is 19.5 Å². The van der Waals surface area contributed by atoms with Crippen molar-refractivity contribution in [2.24, 2.45) is 11.8 Å². The van der Waals surface area contributed by atoms with Gasteiger partial charge in [-0.15, -0.1) is 11.8 Å². The number of alkyl halides is 1. The Kier molecular flexibility index (Phi) is 7.70. The number of carbonyl (C=O) groups is 3. The summed E-state index contributed by atoms with van der Waals surface area (Å²) < 4.78 is -0.598. The van der Waals surface area contributed by atoms with E-state index in [1.54, 1.807) is 23.7 Å². The zero-order valence-electron chi connectivity index (χ0n) is 18.8. The Morgan fingerprint density at radius 3 is 2.61 bits per heavy atom. The van der Waals surface area contributed by atoms with Gasteiger partial charge < -0.3 is 20.6 Å². The molecular formula is C24H32BrN3O4S. The van der Waals surface area contributed by atoms with E-state index in [0.717, 1.165) is 31.2 Å². The molecule has 1 aromatic carbocycles. The van der Waals surface area contributed by atoms with Crippen LogP contribution < -0.4 is 10.6 Å². The van der Waals surface area contributed by atoms with Crippen molar-refractivity contribution in [2.75, 3.05) is 20.2 Å². The lowest BCUT2D eigenvalue weighted by atomic mass is 9.70. The molecule has 1 aromatic rings. The van der Waals surface area contributed by atoms with Crippen molar-refractivity contribution in [3.05, 3.63) is 35.9 Å². The number of fused-ring (bicyclic) bond motifs is 1. The highest BCUT2D eigenvalue weighted by atomic mass is 79.9. The molecule has 9 heteroatoms.